The summed E-state index contributed by atoms with van der Waals surface area (Å²) < 4.78 is 0. The van der Waals surface area contributed by atoms with Crippen molar-refractivity contribution in [2.24, 2.45) is 5.92 Å². The molecule has 0 heterocycles. The maximum atomic E-state index is 7.10. The third kappa shape index (κ3) is 4.98. The Morgan fingerprint density at radius 3 is 2.60 bits per heavy atom. The van der Waals surface area contributed by atoms with Gasteiger partial charge in [-0.1, -0.05) is 35.7 Å². The number of rotatable bonds is 6. The number of hydrogen-bond donors (Lipinski definition) is 1. The summed E-state index contributed by atoms with van der Waals surface area (Å²) in [4.78, 5) is 0. The maximum Gasteiger partial charge on any atom is 0.00374 e. The van der Waals surface area contributed by atoms with E-state index in [0.29, 0.717) is 5.92 Å². The molecule has 1 unspecified atom stereocenters. The van der Waals surface area contributed by atoms with Crippen molar-refractivity contribution in [3.8, 4) is 0 Å². The highest BCUT2D eigenvalue weighted by atomic mass is 79.9. The van der Waals surface area contributed by atoms with Gasteiger partial charge in [0.1, 0.15) is 0 Å². The molecule has 0 amide bonds. The summed E-state index contributed by atoms with van der Waals surface area (Å²) in [5.74, 6) is 0.513. The van der Waals surface area contributed by atoms with Crippen LogP contribution in [0.1, 0.15) is 32.6 Å². The minimum absolute atomic E-state index is 0.513. The molecule has 1 nitrogen and oxygen atoms in total. The van der Waals surface area contributed by atoms with Gasteiger partial charge in [-0.15, -0.1) is 0 Å². The molecule has 1 N–H and O–H groups in total. The second-order valence-electron chi connectivity index (χ2n) is 2.55. The Morgan fingerprint density at radius 2 is 2.20 bits per heavy atom. The van der Waals surface area contributed by atoms with Crippen LogP contribution in [0.3, 0.4) is 0 Å². The Bertz CT molecular complexity index is 83.3. The SMILES string of the molecule is CCCCC(C=N)CCBr. The summed E-state index contributed by atoms with van der Waals surface area (Å²) in [6, 6.07) is 0. The van der Waals surface area contributed by atoms with Gasteiger partial charge in [0.25, 0.3) is 0 Å². The molecule has 10 heavy (non-hydrogen) atoms. The normalized spacial score (nSPS) is 13.0. The van der Waals surface area contributed by atoms with E-state index in [1.807, 2.05) is 0 Å². The molecule has 0 saturated heterocycles. The van der Waals surface area contributed by atoms with Crippen LogP contribution in [-0.2, 0) is 0 Å². The van der Waals surface area contributed by atoms with E-state index in [-0.39, 0.29) is 0 Å². The molecule has 0 spiro atoms. The van der Waals surface area contributed by atoms with Gasteiger partial charge in [-0.25, -0.2) is 0 Å². The fourth-order valence-electron chi connectivity index (χ4n) is 0.917. The molecule has 0 aliphatic carbocycles. The van der Waals surface area contributed by atoms with Crippen molar-refractivity contribution >= 4 is 22.1 Å². The van der Waals surface area contributed by atoms with Crippen LogP contribution in [0.4, 0.5) is 0 Å². The first kappa shape index (κ1) is 10.2. The third-order valence-electron chi connectivity index (χ3n) is 1.64. The summed E-state index contributed by atoms with van der Waals surface area (Å²) in [5.41, 5.74) is 0. The highest BCUT2D eigenvalue weighted by molar-refractivity contribution is 9.09. The predicted molar refractivity (Wildman–Crippen MR) is 50.2 cm³/mol. The van der Waals surface area contributed by atoms with Gasteiger partial charge >= 0.3 is 0 Å². The summed E-state index contributed by atoms with van der Waals surface area (Å²) >= 11 is 3.38. The second-order valence-corrected chi connectivity index (χ2v) is 3.34. The first-order chi connectivity index (χ1) is 4.85. The second kappa shape index (κ2) is 7.26. The average Bonchev–Trinajstić information content (AvgIpc) is 1.98. The van der Waals surface area contributed by atoms with Crippen LogP contribution < -0.4 is 0 Å². The van der Waals surface area contributed by atoms with Gasteiger partial charge in [-0.2, -0.15) is 0 Å². The van der Waals surface area contributed by atoms with E-state index in [1.165, 1.54) is 19.3 Å². The highest BCUT2D eigenvalue weighted by Crippen LogP contribution is 2.11. The van der Waals surface area contributed by atoms with Crippen LogP contribution in [-0.4, -0.2) is 11.5 Å². The molecule has 0 aromatic heterocycles. The van der Waals surface area contributed by atoms with E-state index in [2.05, 4.69) is 22.9 Å². The fourth-order valence-corrected chi connectivity index (χ4v) is 1.51. The van der Waals surface area contributed by atoms with Gasteiger partial charge < -0.3 is 5.41 Å². The molecule has 0 aromatic carbocycles. The zero-order valence-corrected chi connectivity index (χ0v) is 8.15. The number of unbranched alkanes of at least 4 members (excludes halogenated alkanes) is 1. The zero-order valence-electron chi connectivity index (χ0n) is 6.57. The predicted octanol–water partition coefficient (Wildman–Crippen LogP) is 3.23. The van der Waals surface area contributed by atoms with E-state index in [1.54, 1.807) is 6.21 Å². The van der Waals surface area contributed by atoms with Gasteiger partial charge in [0, 0.05) is 5.33 Å². The first-order valence-electron chi connectivity index (χ1n) is 3.91. The lowest BCUT2D eigenvalue weighted by atomic mass is 10.0. The van der Waals surface area contributed by atoms with Crippen LogP contribution >= 0.6 is 15.9 Å². The number of alkyl halides is 1. The lowest BCUT2D eigenvalue weighted by Crippen LogP contribution is -2.01. The third-order valence-corrected chi connectivity index (χ3v) is 2.10. The first-order valence-corrected chi connectivity index (χ1v) is 5.03. The van der Waals surface area contributed by atoms with E-state index >= 15 is 0 Å². The van der Waals surface area contributed by atoms with Crippen LogP contribution in [0.25, 0.3) is 0 Å². The molecule has 0 aliphatic rings. The molecule has 0 saturated carbocycles. The minimum atomic E-state index is 0.513. The summed E-state index contributed by atoms with van der Waals surface area (Å²) in [6.07, 6.45) is 6.38. The van der Waals surface area contributed by atoms with Gasteiger partial charge in [0.05, 0.1) is 0 Å². The van der Waals surface area contributed by atoms with Gasteiger partial charge in [-0.05, 0) is 25.0 Å². The molecule has 0 aromatic rings. The quantitative estimate of drug-likeness (QED) is 0.509. The smallest absolute Gasteiger partial charge is 0.00374 e. The topological polar surface area (TPSA) is 23.9 Å². The van der Waals surface area contributed by atoms with E-state index in [0.717, 1.165) is 11.8 Å². The Labute approximate surface area is 71.8 Å². The van der Waals surface area contributed by atoms with Crippen molar-refractivity contribution in [2.75, 3.05) is 5.33 Å². The van der Waals surface area contributed by atoms with Crippen LogP contribution in [0, 0.1) is 11.3 Å². The van der Waals surface area contributed by atoms with Crippen molar-refractivity contribution in [3.05, 3.63) is 0 Å². The average molecular weight is 206 g/mol. The zero-order chi connectivity index (χ0) is 7.82. The lowest BCUT2D eigenvalue weighted by molar-refractivity contribution is 0.579. The largest absolute Gasteiger partial charge is 0.313 e. The van der Waals surface area contributed by atoms with Crippen molar-refractivity contribution in [3.63, 3.8) is 0 Å². The molecule has 60 valence electrons. The van der Waals surface area contributed by atoms with E-state index in [4.69, 9.17) is 5.41 Å². The molecular formula is C8H16BrN. The Balaban J connectivity index is 3.29. The molecule has 1 atom stereocenters. The van der Waals surface area contributed by atoms with Gasteiger partial charge in [0.15, 0.2) is 0 Å². The van der Waals surface area contributed by atoms with E-state index < -0.39 is 0 Å². The number of nitrogens with one attached hydrogen (secondary N) is 1. The van der Waals surface area contributed by atoms with Crippen molar-refractivity contribution < 1.29 is 0 Å². The van der Waals surface area contributed by atoms with Crippen LogP contribution in [0.15, 0.2) is 0 Å². The minimum Gasteiger partial charge on any atom is -0.313 e. The van der Waals surface area contributed by atoms with Gasteiger partial charge in [0.2, 0.25) is 0 Å². The van der Waals surface area contributed by atoms with Crippen LogP contribution in [0.2, 0.25) is 0 Å². The maximum absolute atomic E-state index is 7.10. The molecular weight excluding hydrogens is 190 g/mol. The Morgan fingerprint density at radius 1 is 1.50 bits per heavy atom. The summed E-state index contributed by atoms with van der Waals surface area (Å²) in [5, 5.41) is 8.12. The Kier molecular flexibility index (Phi) is 7.37. The van der Waals surface area contributed by atoms with Crippen LogP contribution in [0.5, 0.6) is 0 Å². The monoisotopic (exact) mass is 205 g/mol. The molecule has 0 aliphatic heterocycles. The highest BCUT2D eigenvalue weighted by Gasteiger charge is 2.01. The Hall–Kier alpha value is 0.150. The molecule has 2 heteroatoms. The standard InChI is InChI=1S/C8H16BrN/c1-2-3-4-8(7-10)5-6-9/h7-8,10H,2-6H2,1H3. The molecule has 0 radical (unpaired) electrons. The van der Waals surface area contributed by atoms with Crippen molar-refractivity contribution in [1.82, 2.24) is 0 Å². The number of hydrogen-bond acceptors (Lipinski definition) is 1. The molecule has 0 fully saturated rings. The van der Waals surface area contributed by atoms with Gasteiger partial charge in [-0.3, -0.25) is 0 Å². The number of halogens is 1. The molecule has 0 rings (SSSR count). The molecule has 0 bridgehead atoms. The van der Waals surface area contributed by atoms with Crippen molar-refractivity contribution in [2.45, 2.75) is 32.6 Å². The summed E-state index contributed by atoms with van der Waals surface area (Å²) in [7, 11) is 0. The van der Waals surface area contributed by atoms with Crippen molar-refractivity contribution in [1.29, 1.82) is 5.41 Å². The lowest BCUT2D eigenvalue weighted by Gasteiger charge is -2.07. The van der Waals surface area contributed by atoms with E-state index in [9.17, 15) is 0 Å². The summed E-state index contributed by atoms with van der Waals surface area (Å²) in [6.45, 7) is 2.19. The fraction of sp³-hybridized carbons (Fsp3) is 0.875.